The number of rotatable bonds is 5. The molecule has 28 heavy (non-hydrogen) atoms. The zero-order valence-corrected chi connectivity index (χ0v) is 16.9. The molecule has 0 saturated heterocycles. The second kappa shape index (κ2) is 7.51. The largest absolute Gasteiger partial charge is 0.491 e. The monoisotopic (exact) mass is 370 g/mol. The molecule has 4 aromatic rings. The second-order valence-electron chi connectivity index (χ2n) is 7.76. The lowest BCUT2D eigenvalue weighted by molar-refractivity contribution is 0.242. The number of nitrogens with zero attached hydrogens (tertiary/aromatic N) is 2. The van der Waals surface area contributed by atoms with Crippen LogP contribution in [0.1, 0.15) is 39.2 Å². The third-order valence-electron chi connectivity index (χ3n) is 4.94. The van der Waals surface area contributed by atoms with Gasteiger partial charge in [-0.25, -0.2) is 4.98 Å². The van der Waals surface area contributed by atoms with Crippen LogP contribution in [0.25, 0.3) is 28.0 Å². The molecule has 2 heterocycles. The number of fused-ring (bicyclic) bond motifs is 1. The summed E-state index contributed by atoms with van der Waals surface area (Å²) in [7, 11) is 0. The molecule has 0 atom stereocenters. The van der Waals surface area contributed by atoms with Crippen molar-refractivity contribution >= 4 is 5.65 Å². The predicted octanol–water partition coefficient (Wildman–Crippen LogP) is 6.58. The summed E-state index contributed by atoms with van der Waals surface area (Å²) >= 11 is 0. The van der Waals surface area contributed by atoms with Gasteiger partial charge >= 0.3 is 0 Å². The van der Waals surface area contributed by atoms with E-state index >= 15 is 0 Å². The molecule has 0 amide bonds. The number of hydrogen-bond donors (Lipinski definition) is 0. The Morgan fingerprint density at radius 1 is 0.750 bits per heavy atom. The molecule has 0 aliphatic rings. The molecule has 0 bridgehead atoms. The highest BCUT2D eigenvalue weighted by molar-refractivity contribution is 5.69. The smallest absolute Gasteiger partial charge is 0.137 e. The number of hydrogen-bond acceptors (Lipinski definition) is 2. The minimum absolute atomic E-state index is 0.179. The third kappa shape index (κ3) is 3.65. The van der Waals surface area contributed by atoms with E-state index in [1.165, 1.54) is 11.1 Å². The van der Waals surface area contributed by atoms with Crippen LogP contribution in [0.2, 0.25) is 0 Å². The van der Waals surface area contributed by atoms with Crippen molar-refractivity contribution in [3.63, 3.8) is 0 Å². The quantitative estimate of drug-likeness (QED) is 0.397. The maximum Gasteiger partial charge on any atom is 0.137 e. The first-order valence-electron chi connectivity index (χ1n) is 9.86. The first-order valence-corrected chi connectivity index (χ1v) is 9.86. The van der Waals surface area contributed by atoms with Crippen molar-refractivity contribution < 1.29 is 4.74 Å². The van der Waals surface area contributed by atoms with E-state index in [2.05, 4.69) is 78.0 Å². The SMILES string of the molecule is CC(C)Oc1ccc(-c2ccc3ncc(-c4ccc(C(C)C)cc4)n3c2)cc1. The lowest BCUT2D eigenvalue weighted by Crippen LogP contribution is -2.05. The normalized spacial score (nSPS) is 11.5. The van der Waals surface area contributed by atoms with Gasteiger partial charge < -0.3 is 4.74 Å². The van der Waals surface area contributed by atoms with Gasteiger partial charge in [-0.1, -0.05) is 50.2 Å². The number of benzene rings is 2. The Labute approximate surface area is 166 Å². The summed E-state index contributed by atoms with van der Waals surface area (Å²) in [5.41, 5.74) is 6.89. The first-order chi connectivity index (χ1) is 13.5. The van der Waals surface area contributed by atoms with E-state index in [4.69, 9.17) is 4.74 Å². The number of imidazole rings is 1. The first kappa shape index (κ1) is 18.3. The molecule has 0 aliphatic carbocycles. The highest BCUT2D eigenvalue weighted by atomic mass is 16.5. The molecule has 0 aliphatic heterocycles. The van der Waals surface area contributed by atoms with Crippen LogP contribution in [0.3, 0.4) is 0 Å². The van der Waals surface area contributed by atoms with Gasteiger partial charge in [-0.15, -0.1) is 0 Å². The van der Waals surface area contributed by atoms with Crippen LogP contribution in [-0.2, 0) is 0 Å². The van der Waals surface area contributed by atoms with Gasteiger partial charge in [0.1, 0.15) is 11.4 Å². The van der Waals surface area contributed by atoms with Crippen molar-refractivity contribution in [3.8, 4) is 28.1 Å². The zero-order chi connectivity index (χ0) is 19.7. The molecule has 0 spiro atoms. The van der Waals surface area contributed by atoms with E-state index in [9.17, 15) is 0 Å². The van der Waals surface area contributed by atoms with E-state index in [1.807, 2.05) is 32.2 Å². The summed E-state index contributed by atoms with van der Waals surface area (Å²) < 4.78 is 7.92. The topological polar surface area (TPSA) is 26.5 Å². The highest BCUT2D eigenvalue weighted by Crippen LogP contribution is 2.27. The minimum atomic E-state index is 0.179. The molecule has 3 nitrogen and oxygen atoms in total. The fourth-order valence-electron chi connectivity index (χ4n) is 3.40. The average molecular weight is 370 g/mol. The van der Waals surface area contributed by atoms with Crippen LogP contribution >= 0.6 is 0 Å². The Balaban J connectivity index is 1.70. The van der Waals surface area contributed by atoms with Gasteiger partial charge in [-0.05, 0) is 60.7 Å². The third-order valence-corrected chi connectivity index (χ3v) is 4.94. The van der Waals surface area contributed by atoms with Crippen molar-refractivity contribution in [3.05, 3.63) is 78.6 Å². The van der Waals surface area contributed by atoms with E-state index in [-0.39, 0.29) is 6.10 Å². The molecule has 0 unspecified atom stereocenters. The standard InChI is InChI=1S/C25H26N2O/c1-17(2)19-5-7-21(8-6-19)24-15-26-25-14-11-22(16-27(24)25)20-9-12-23(13-10-20)28-18(3)4/h5-18H,1-4H3. The summed E-state index contributed by atoms with van der Waals surface area (Å²) in [4.78, 5) is 4.58. The van der Waals surface area contributed by atoms with Crippen LogP contribution in [0.4, 0.5) is 0 Å². The Morgan fingerprint density at radius 2 is 1.39 bits per heavy atom. The Kier molecular flexibility index (Phi) is 4.91. The van der Waals surface area contributed by atoms with Crippen LogP contribution in [-0.4, -0.2) is 15.5 Å². The van der Waals surface area contributed by atoms with Gasteiger partial charge in [-0.3, -0.25) is 4.40 Å². The van der Waals surface area contributed by atoms with E-state index in [0.717, 1.165) is 28.2 Å². The lowest BCUT2D eigenvalue weighted by atomic mass is 10.0. The summed E-state index contributed by atoms with van der Waals surface area (Å²) in [5.74, 6) is 1.43. The maximum atomic E-state index is 5.75. The maximum absolute atomic E-state index is 5.75. The van der Waals surface area contributed by atoms with Gasteiger partial charge in [-0.2, -0.15) is 0 Å². The van der Waals surface area contributed by atoms with Crippen molar-refractivity contribution in [2.45, 2.75) is 39.7 Å². The Morgan fingerprint density at radius 3 is 2.04 bits per heavy atom. The zero-order valence-electron chi connectivity index (χ0n) is 16.9. The summed E-state index contributed by atoms with van der Waals surface area (Å²) in [5, 5.41) is 0. The minimum Gasteiger partial charge on any atom is -0.491 e. The molecule has 0 N–H and O–H groups in total. The van der Waals surface area contributed by atoms with Gasteiger partial charge in [0.25, 0.3) is 0 Å². The van der Waals surface area contributed by atoms with Crippen LogP contribution in [0.15, 0.2) is 73.1 Å². The molecule has 2 aromatic heterocycles. The van der Waals surface area contributed by atoms with E-state index < -0.39 is 0 Å². The van der Waals surface area contributed by atoms with Crippen molar-refractivity contribution in [1.82, 2.24) is 9.38 Å². The highest BCUT2D eigenvalue weighted by Gasteiger charge is 2.09. The molecule has 142 valence electrons. The second-order valence-corrected chi connectivity index (χ2v) is 7.76. The van der Waals surface area contributed by atoms with Gasteiger partial charge in [0, 0.05) is 11.8 Å². The van der Waals surface area contributed by atoms with Crippen molar-refractivity contribution in [2.75, 3.05) is 0 Å². The number of aromatic nitrogens is 2. The number of ether oxygens (including phenoxy) is 1. The summed E-state index contributed by atoms with van der Waals surface area (Å²) in [6, 6.07) is 21.2. The fraction of sp³-hybridized carbons (Fsp3) is 0.240. The predicted molar refractivity (Wildman–Crippen MR) is 116 cm³/mol. The molecule has 4 rings (SSSR count). The molecule has 0 radical (unpaired) electrons. The molecule has 3 heteroatoms. The summed E-state index contributed by atoms with van der Waals surface area (Å²) in [6.07, 6.45) is 4.29. The van der Waals surface area contributed by atoms with Crippen LogP contribution in [0, 0.1) is 0 Å². The van der Waals surface area contributed by atoms with Gasteiger partial charge in [0.2, 0.25) is 0 Å². The van der Waals surface area contributed by atoms with E-state index in [0.29, 0.717) is 5.92 Å². The Hall–Kier alpha value is -3.07. The summed E-state index contributed by atoms with van der Waals surface area (Å²) in [6.45, 7) is 8.51. The molecule has 2 aromatic carbocycles. The van der Waals surface area contributed by atoms with Gasteiger partial charge in [0.05, 0.1) is 18.0 Å². The molecule has 0 saturated carbocycles. The van der Waals surface area contributed by atoms with Crippen molar-refractivity contribution in [2.24, 2.45) is 0 Å². The molecular weight excluding hydrogens is 344 g/mol. The van der Waals surface area contributed by atoms with E-state index in [1.54, 1.807) is 0 Å². The molecular formula is C25H26N2O. The van der Waals surface area contributed by atoms with Crippen molar-refractivity contribution in [1.29, 1.82) is 0 Å². The fourth-order valence-corrected chi connectivity index (χ4v) is 3.40. The van der Waals surface area contributed by atoms with Crippen LogP contribution in [0.5, 0.6) is 5.75 Å². The van der Waals surface area contributed by atoms with Crippen LogP contribution < -0.4 is 4.74 Å². The van der Waals surface area contributed by atoms with Gasteiger partial charge in [0.15, 0.2) is 0 Å². The Bertz CT molecular complexity index is 1070. The lowest BCUT2D eigenvalue weighted by Gasteiger charge is -2.11. The average Bonchev–Trinajstić information content (AvgIpc) is 3.11. The molecule has 0 fully saturated rings. The number of pyridine rings is 1.